The maximum atomic E-state index is 4.83. The van der Waals surface area contributed by atoms with Crippen LogP contribution >= 0.6 is 0 Å². The largest absolute Gasteiger partial charge is 0.260 e. The summed E-state index contributed by atoms with van der Waals surface area (Å²) in [5.41, 5.74) is 7.74. The normalized spacial score (nSPS) is 17.8. The quantitative estimate of drug-likeness (QED) is 0.664. The highest BCUT2D eigenvalue weighted by Gasteiger charge is 2.20. The average Bonchev–Trinajstić information content (AvgIpc) is 3.35. The zero-order valence-corrected chi connectivity index (χ0v) is 16.5. The number of nitrogens with zero attached hydrogens (tertiary/aromatic N) is 5. The number of aryl methyl sites for hydroxylation is 2. The van der Waals surface area contributed by atoms with Crippen molar-refractivity contribution in [1.82, 2.24) is 15.0 Å². The smallest absolute Gasteiger partial charge is 0.155 e. The maximum absolute atomic E-state index is 4.83. The van der Waals surface area contributed by atoms with E-state index in [1.807, 2.05) is 0 Å². The van der Waals surface area contributed by atoms with Gasteiger partial charge in [-0.15, -0.1) is 5.10 Å². The fourth-order valence-electron chi connectivity index (χ4n) is 4.48. The molecule has 1 fully saturated rings. The van der Waals surface area contributed by atoms with Crippen LogP contribution in [0.5, 0.6) is 0 Å². The van der Waals surface area contributed by atoms with E-state index in [2.05, 4.69) is 70.2 Å². The fourth-order valence-corrected chi connectivity index (χ4v) is 4.48. The van der Waals surface area contributed by atoms with Crippen molar-refractivity contribution in [3.8, 4) is 0 Å². The first kappa shape index (κ1) is 17.3. The van der Waals surface area contributed by atoms with Crippen LogP contribution in [0.15, 0.2) is 46.4 Å². The molecule has 0 bridgehead atoms. The molecule has 28 heavy (non-hydrogen) atoms. The molecule has 0 saturated heterocycles. The Labute approximate surface area is 165 Å². The number of amidine groups is 1. The van der Waals surface area contributed by atoms with E-state index in [1.165, 1.54) is 43.2 Å². The molecular weight excluding hydrogens is 346 g/mol. The van der Waals surface area contributed by atoms with Crippen molar-refractivity contribution in [2.75, 3.05) is 6.54 Å². The minimum atomic E-state index is 0.493. The standard InChI is InChI=1S/C23H25N5/c1-15-10-16(2)12-18(11-15)23-24-14-21(25-23)17-8-9-22-20(13-17)26-27-28(22)19-6-4-3-5-7-19/h8-13,19H,3-7,14H2,1-2H3. The molecule has 142 valence electrons. The summed E-state index contributed by atoms with van der Waals surface area (Å²) < 4.78 is 2.13. The summed E-state index contributed by atoms with van der Waals surface area (Å²) in [7, 11) is 0. The van der Waals surface area contributed by atoms with Crippen LogP contribution in [0.3, 0.4) is 0 Å². The van der Waals surface area contributed by atoms with Gasteiger partial charge in [0.15, 0.2) is 5.84 Å². The van der Waals surface area contributed by atoms with Gasteiger partial charge in [-0.1, -0.05) is 47.7 Å². The summed E-state index contributed by atoms with van der Waals surface area (Å²) in [5.74, 6) is 0.827. The minimum absolute atomic E-state index is 0.493. The van der Waals surface area contributed by atoms with Crippen molar-refractivity contribution in [1.29, 1.82) is 0 Å². The monoisotopic (exact) mass is 371 g/mol. The third-order valence-corrected chi connectivity index (χ3v) is 5.82. The van der Waals surface area contributed by atoms with Crippen LogP contribution in [0.4, 0.5) is 0 Å². The molecule has 2 aliphatic rings. The topological polar surface area (TPSA) is 55.4 Å². The van der Waals surface area contributed by atoms with Gasteiger partial charge in [0.1, 0.15) is 5.52 Å². The zero-order chi connectivity index (χ0) is 19.1. The minimum Gasteiger partial charge on any atom is -0.260 e. The molecule has 0 atom stereocenters. The Kier molecular flexibility index (Phi) is 4.30. The maximum Gasteiger partial charge on any atom is 0.155 e. The Hall–Kier alpha value is -2.82. The second-order valence-corrected chi connectivity index (χ2v) is 8.10. The van der Waals surface area contributed by atoms with Crippen LogP contribution in [-0.4, -0.2) is 33.1 Å². The first-order chi connectivity index (χ1) is 13.7. The van der Waals surface area contributed by atoms with Gasteiger partial charge in [-0.3, -0.25) is 4.99 Å². The van der Waals surface area contributed by atoms with Crippen LogP contribution in [0.25, 0.3) is 11.0 Å². The first-order valence-corrected chi connectivity index (χ1v) is 10.2. The molecule has 2 aromatic carbocycles. The lowest BCUT2D eigenvalue weighted by Gasteiger charge is -2.21. The lowest BCUT2D eigenvalue weighted by atomic mass is 9.95. The number of fused-ring (bicyclic) bond motifs is 1. The number of rotatable bonds is 3. The lowest BCUT2D eigenvalue weighted by molar-refractivity contribution is 0.331. The van der Waals surface area contributed by atoms with Gasteiger partial charge in [-0.2, -0.15) is 0 Å². The van der Waals surface area contributed by atoms with Gasteiger partial charge in [0.2, 0.25) is 0 Å². The van der Waals surface area contributed by atoms with Crippen molar-refractivity contribution in [3.05, 3.63) is 58.7 Å². The van der Waals surface area contributed by atoms with E-state index in [1.54, 1.807) is 0 Å². The number of hydrogen-bond donors (Lipinski definition) is 0. The molecule has 2 heterocycles. The fraction of sp³-hybridized carbons (Fsp3) is 0.391. The van der Waals surface area contributed by atoms with Gasteiger partial charge >= 0.3 is 0 Å². The SMILES string of the molecule is Cc1cc(C)cc(C2=NCC(c3ccc4c(c3)nnn4C3CCCCC3)=N2)c1. The van der Waals surface area contributed by atoms with Crippen molar-refractivity contribution < 1.29 is 0 Å². The lowest BCUT2D eigenvalue weighted by Crippen LogP contribution is -2.14. The van der Waals surface area contributed by atoms with Gasteiger partial charge in [0.05, 0.1) is 23.8 Å². The molecule has 5 heteroatoms. The van der Waals surface area contributed by atoms with Gasteiger partial charge < -0.3 is 0 Å². The average molecular weight is 371 g/mol. The predicted molar refractivity (Wildman–Crippen MR) is 114 cm³/mol. The molecule has 5 nitrogen and oxygen atoms in total. The van der Waals surface area contributed by atoms with Crippen LogP contribution in [0, 0.1) is 13.8 Å². The summed E-state index contributed by atoms with van der Waals surface area (Å²) in [6.07, 6.45) is 6.34. The molecule has 1 saturated carbocycles. The Morgan fingerprint density at radius 1 is 0.893 bits per heavy atom. The first-order valence-electron chi connectivity index (χ1n) is 10.2. The molecule has 0 N–H and O–H groups in total. The molecular formula is C23H25N5. The third kappa shape index (κ3) is 3.15. The van der Waals surface area contributed by atoms with E-state index in [9.17, 15) is 0 Å². The molecule has 3 aromatic rings. The number of aliphatic imine (C=N–C) groups is 2. The predicted octanol–water partition coefficient (Wildman–Crippen LogP) is 4.80. The van der Waals surface area contributed by atoms with Gasteiger partial charge in [0.25, 0.3) is 0 Å². The van der Waals surface area contributed by atoms with Gasteiger partial charge in [0, 0.05) is 11.1 Å². The second kappa shape index (κ2) is 6.97. The summed E-state index contributed by atoms with van der Waals surface area (Å²) >= 11 is 0. The van der Waals surface area contributed by atoms with Crippen LogP contribution in [0.1, 0.15) is 60.4 Å². The Morgan fingerprint density at radius 3 is 2.46 bits per heavy atom. The Balaban J connectivity index is 1.44. The highest BCUT2D eigenvalue weighted by atomic mass is 15.4. The Morgan fingerprint density at radius 2 is 1.68 bits per heavy atom. The van der Waals surface area contributed by atoms with Crippen molar-refractivity contribution in [3.63, 3.8) is 0 Å². The van der Waals surface area contributed by atoms with Crippen molar-refractivity contribution in [2.24, 2.45) is 9.98 Å². The van der Waals surface area contributed by atoms with Crippen LogP contribution < -0.4 is 0 Å². The third-order valence-electron chi connectivity index (χ3n) is 5.82. The van der Waals surface area contributed by atoms with Gasteiger partial charge in [-0.05, 0) is 51.0 Å². The molecule has 0 amide bonds. The van der Waals surface area contributed by atoms with Gasteiger partial charge in [-0.25, -0.2) is 9.67 Å². The van der Waals surface area contributed by atoms with Crippen molar-refractivity contribution >= 4 is 22.6 Å². The summed E-state index contributed by atoms with van der Waals surface area (Å²) in [6, 6.07) is 13.4. The summed E-state index contributed by atoms with van der Waals surface area (Å²) in [5, 5.41) is 8.91. The number of aromatic nitrogens is 3. The van der Waals surface area contributed by atoms with Crippen LogP contribution in [-0.2, 0) is 0 Å². The number of hydrogen-bond acceptors (Lipinski definition) is 4. The van der Waals surface area contributed by atoms with E-state index >= 15 is 0 Å². The van der Waals surface area contributed by atoms with Crippen molar-refractivity contribution in [2.45, 2.75) is 52.0 Å². The van der Waals surface area contributed by atoms with E-state index in [-0.39, 0.29) is 0 Å². The highest BCUT2D eigenvalue weighted by molar-refractivity contribution is 6.17. The van der Waals surface area contributed by atoms with E-state index in [0.717, 1.165) is 33.7 Å². The second-order valence-electron chi connectivity index (χ2n) is 8.10. The number of benzene rings is 2. The molecule has 0 radical (unpaired) electrons. The molecule has 1 aromatic heterocycles. The summed E-state index contributed by atoms with van der Waals surface area (Å²) in [4.78, 5) is 9.50. The highest BCUT2D eigenvalue weighted by Crippen LogP contribution is 2.30. The molecule has 0 unspecified atom stereocenters. The molecule has 5 rings (SSSR count). The van der Waals surface area contributed by atoms with E-state index < -0.39 is 0 Å². The van der Waals surface area contributed by atoms with E-state index in [0.29, 0.717) is 12.6 Å². The zero-order valence-electron chi connectivity index (χ0n) is 16.5. The molecule has 1 aliphatic carbocycles. The molecule has 0 spiro atoms. The Bertz CT molecular complexity index is 1080. The molecule has 1 aliphatic heterocycles. The van der Waals surface area contributed by atoms with E-state index in [4.69, 9.17) is 4.99 Å². The van der Waals surface area contributed by atoms with Crippen LogP contribution in [0.2, 0.25) is 0 Å². The summed E-state index contributed by atoms with van der Waals surface area (Å²) in [6.45, 7) is 4.84.